The van der Waals surface area contributed by atoms with Crippen LogP contribution in [0.15, 0.2) is 54.6 Å². The van der Waals surface area contributed by atoms with E-state index in [4.69, 9.17) is 0 Å². The molecule has 0 aromatic heterocycles. The number of halogens is 2. The van der Waals surface area contributed by atoms with Crippen molar-refractivity contribution < 1.29 is 4.39 Å². The van der Waals surface area contributed by atoms with E-state index in [0.29, 0.717) is 0 Å². The predicted molar refractivity (Wildman–Crippen MR) is 63.6 cm³/mol. The second-order valence-corrected chi connectivity index (χ2v) is 4.24. The van der Waals surface area contributed by atoms with Crippen LogP contribution in [0, 0.1) is 5.82 Å². The maximum absolute atomic E-state index is 13.0. The Morgan fingerprint density at radius 3 is 2.20 bits per heavy atom. The average Bonchev–Trinajstić information content (AvgIpc) is 2.29. The van der Waals surface area contributed by atoms with Gasteiger partial charge >= 0.3 is 0 Å². The summed E-state index contributed by atoms with van der Waals surface area (Å²) in [4.78, 5) is 0.0504. The van der Waals surface area contributed by atoms with Crippen LogP contribution in [-0.2, 0) is 0 Å². The summed E-state index contributed by atoms with van der Waals surface area (Å²) in [5.74, 6) is -0.201. The van der Waals surface area contributed by atoms with Crippen LogP contribution in [0.3, 0.4) is 0 Å². The van der Waals surface area contributed by atoms with E-state index < -0.39 is 0 Å². The van der Waals surface area contributed by atoms with Gasteiger partial charge in [-0.3, -0.25) is 0 Å². The quantitative estimate of drug-likeness (QED) is 0.710. The van der Waals surface area contributed by atoms with E-state index in [1.165, 1.54) is 6.07 Å². The Morgan fingerprint density at radius 1 is 0.867 bits per heavy atom. The van der Waals surface area contributed by atoms with Gasteiger partial charge in [-0.25, -0.2) is 4.39 Å². The summed E-state index contributed by atoms with van der Waals surface area (Å²) in [6.45, 7) is 0. The summed E-state index contributed by atoms with van der Waals surface area (Å²) >= 11 is 3.56. The van der Waals surface area contributed by atoms with Gasteiger partial charge in [-0.15, -0.1) is 0 Å². The van der Waals surface area contributed by atoms with Crippen molar-refractivity contribution in [1.82, 2.24) is 0 Å². The number of benzene rings is 2. The van der Waals surface area contributed by atoms with Gasteiger partial charge in [0.15, 0.2) is 0 Å². The van der Waals surface area contributed by atoms with Crippen molar-refractivity contribution >= 4 is 15.9 Å². The van der Waals surface area contributed by atoms with Crippen molar-refractivity contribution in [3.05, 3.63) is 71.5 Å². The first-order chi connectivity index (χ1) is 7.27. The van der Waals surface area contributed by atoms with Gasteiger partial charge in [0, 0.05) is 0 Å². The van der Waals surface area contributed by atoms with Gasteiger partial charge in [0.25, 0.3) is 0 Å². The fraction of sp³-hybridized carbons (Fsp3) is 0.0769. The van der Waals surface area contributed by atoms with Gasteiger partial charge in [-0.1, -0.05) is 58.4 Å². The van der Waals surface area contributed by atoms with Crippen molar-refractivity contribution in [3.8, 4) is 0 Å². The standard InChI is InChI=1S/C13H10BrF/c14-13(10-5-2-1-3-6-10)11-7-4-8-12(15)9-11/h1-9,13H/t13-/m1/s1. The topological polar surface area (TPSA) is 0 Å². The normalized spacial score (nSPS) is 12.4. The van der Waals surface area contributed by atoms with Crippen LogP contribution in [0.25, 0.3) is 0 Å². The zero-order valence-corrected chi connectivity index (χ0v) is 9.62. The highest BCUT2D eigenvalue weighted by Crippen LogP contribution is 2.30. The molecular weight excluding hydrogens is 255 g/mol. The molecule has 0 fully saturated rings. The molecule has 0 unspecified atom stereocenters. The minimum absolute atomic E-state index is 0.0504. The Labute approximate surface area is 96.9 Å². The van der Waals surface area contributed by atoms with E-state index in [1.54, 1.807) is 12.1 Å². The molecule has 0 nitrogen and oxygen atoms in total. The van der Waals surface area contributed by atoms with E-state index in [-0.39, 0.29) is 10.6 Å². The molecule has 0 bridgehead atoms. The Bertz CT molecular complexity index is 439. The van der Waals surface area contributed by atoms with E-state index in [2.05, 4.69) is 15.9 Å². The molecule has 0 N–H and O–H groups in total. The highest BCUT2D eigenvalue weighted by atomic mass is 79.9. The molecule has 0 aliphatic heterocycles. The van der Waals surface area contributed by atoms with Crippen molar-refractivity contribution in [2.75, 3.05) is 0 Å². The van der Waals surface area contributed by atoms with Gasteiger partial charge in [0.1, 0.15) is 5.82 Å². The van der Waals surface area contributed by atoms with Gasteiger partial charge in [0.2, 0.25) is 0 Å². The molecule has 0 amide bonds. The third-order valence-corrected chi connectivity index (χ3v) is 3.29. The van der Waals surface area contributed by atoms with Crippen LogP contribution in [0.4, 0.5) is 4.39 Å². The van der Waals surface area contributed by atoms with Crippen molar-refractivity contribution in [2.24, 2.45) is 0 Å². The number of hydrogen-bond acceptors (Lipinski definition) is 0. The zero-order chi connectivity index (χ0) is 10.7. The largest absolute Gasteiger partial charge is 0.207 e. The van der Waals surface area contributed by atoms with E-state index >= 15 is 0 Å². The summed E-state index contributed by atoms with van der Waals surface area (Å²) in [6.07, 6.45) is 0. The van der Waals surface area contributed by atoms with Crippen LogP contribution >= 0.6 is 15.9 Å². The van der Waals surface area contributed by atoms with Crippen LogP contribution in [0.5, 0.6) is 0 Å². The molecule has 0 aliphatic carbocycles. The third-order valence-electron chi connectivity index (χ3n) is 2.23. The molecular formula is C13H10BrF. The fourth-order valence-electron chi connectivity index (χ4n) is 1.48. The van der Waals surface area contributed by atoms with E-state index in [0.717, 1.165) is 11.1 Å². The van der Waals surface area contributed by atoms with Crippen molar-refractivity contribution in [1.29, 1.82) is 0 Å². The molecule has 76 valence electrons. The molecule has 2 aromatic carbocycles. The number of rotatable bonds is 2. The first-order valence-electron chi connectivity index (χ1n) is 4.72. The van der Waals surface area contributed by atoms with E-state index in [9.17, 15) is 4.39 Å². The van der Waals surface area contributed by atoms with Gasteiger partial charge < -0.3 is 0 Å². The second-order valence-electron chi connectivity index (χ2n) is 3.33. The Morgan fingerprint density at radius 2 is 1.53 bits per heavy atom. The SMILES string of the molecule is Fc1cccc([C@H](Br)c2ccccc2)c1. The summed E-state index contributed by atoms with van der Waals surface area (Å²) in [5.41, 5.74) is 2.06. The molecule has 2 aromatic rings. The molecule has 1 atom stereocenters. The Kier molecular flexibility index (Phi) is 3.17. The van der Waals surface area contributed by atoms with E-state index in [1.807, 2.05) is 36.4 Å². The lowest BCUT2D eigenvalue weighted by Crippen LogP contribution is -1.92. The van der Waals surface area contributed by atoms with Gasteiger partial charge in [-0.2, -0.15) is 0 Å². The van der Waals surface area contributed by atoms with Crippen LogP contribution < -0.4 is 0 Å². The minimum atomic E-state index is -0.201. The third kappa shape index (κ3) is 2.45. The number of hydrogen-bond donors (Lipinski definition) is 0. The van der Waals surface area contributed by atoms with Crippen LogP contribution in [0.1, 0.15) is 16.0 Å². The van der Waals surface area contributed by atoms with Crippen LogP contribution in [0.2, 0.25) is 0 Å². The molecule has 0 heterocycles. The lowest BCUT2D eigenvalue weighted by molar-refractivity contribution is 0.626. The molecule has 0 spiro atoms. The van der Waals surface area contributed by atoms with Gasteiger partial charge in [0.05, 0.1) is 4.83 Å². The fourth-order valence-corrected chi connectivity index (χ4v) is 2.07. The average molecular weight is 265 g/mol. The zero-order valence-electron chi connectivity index (χ0n) is 8.03. The molecule has 2 rings (SSSR count). The molecule has 0 saturated carbocycles. The maximum atomic E-state index is 13.0. The summed E-state index contributed by atoms with van der Waals surface area (Å²) in [6, 6.07) is 16.6. The van der Waals surface area contributed by atoms with Crippen molar-refractivity contribution in [2.45, 2.75) is 4.83 Å². The molecule has 15 heavy (non-hydrogen) atoms. The van der Waals surface area contributed by atoms with Gasteiger partial charge in [-0.05, 0) is 23.3 Å². The first kappa shape index (κ1) is 10.4. The Balaban J connectivity index is 2.32. The lowest BCUT2D eigenvalue weighted by atomic mass is 10.1. The maximum Gasteiger partial charge on any atom is 0.123 e. The summed E-state index contributed by atoms with van der Waals surface area (Å²) in [7, 11) is 0. The monoisotopic (exact) mass is 264 g/mol. The molecule has 0 radical (unpaired) electrons. The second kappa shape index (κ2) is 4.58. The lowest BCUT2D eigenvalue weighted by Gasteiger charge is -2.10. The highest BCUT2D eigenvalue weighted by Gasteiger charge is 2.09. The summed E-state index contributed by atoms with van der Waals surface area (Å²) < 4.78 is 13.0. The number of alkyl halides is 1. The smallest absolute Gasteiger partial charge is 0.123 e. The Hall–Kier alpha value is -1.15. The highest BCUT2D eigenvalue weighted by molar-refractivity contribution is 9.09. The molecule has 0 aliphatic rings. The van der Waals surface area contributed by atoms with Crippen LogP contribution in [-0.4, -0.2) is 0 Å². The van der Waals surface area contributed by atoms with Crippen molar-refractivity contribution in [3.63, 3.8) is 0 Å². The molecule has 0 saturated heterocycles. The molecule has 2 heteroatoms. The first-order valence-corrected chi connectivity index (χ1v) is 5.63. The summed E-state index contributed by atoms with van der Waals surface area (Å²) in [5, 5.41) is 0. The predicted octanol–water partition coefficient (Wildman–Crippen LogP) is 4.31. The minimum Gasteiger partial charge on any atom is -0.207 e.